The fraction of sp³-hybridized carbons (Fsp3) is 0. The summed E-state index contributed by atoms with van der Waals surface area (Å²) in [7, 11) is 0. The minimum absolute atomic E-state index is 0.578. The highest BCUT2D eigenvalue weighted by atomic mass is 15.0. The third kappa shape index (κ3) is 8.24. The van der Waals surface area contributed by atoms with Gasteiger partial charge in [0.2, 0.25) is 0 Å². The molecule has 0 aliphatic heterocycles. The topological polar surface area (TPSA) is 48.5 Å². The lowest BCUT2D eigenvalue weighted by Gasteiger charge is -2.21. The Morgan fingerprint density at radius 1 is 0.200 bits per heavy atom. The number of rotatable bonds is 10. The molecule has 15 aromatic rings. The lowest BCUT2D eigenvalue weighted by Crippen LogP contribution is -2.04. The zero-order valence-electron chi connectivity index (χ0n) is 43.5. The van der Waals surface area contributed by atoms with Crippen molar-refractivity contribution in [1.82, 2.24) is 24.1 Å². The van der Waals surface area contributed by atoms with Crippen LogP contribution >= 0.6 is 0 Å². The van der Waals surface area contributed by atoms with Crippen molar-refractivity contribution in [3.63, 3.8) is 0 Å². The van der Waals surface area contributed by atoms with Crippen LogP contribution in [0.1, 0.15) is 0 Å². The van der Waals surface area contributed by atoms with E-state index in [0.29, 0.717) is 17.5 Å². The maximum atomic E-state index is 5.42. The highest BCUT2D eigenvalue weighted by Gasteiger charge is 2.25. The van der Waals surface area contributed by atoms with Crippen molar-refractivity contribution in [2.75, 3.05) is 0 Å². The van der Waals surface area contributed by atoms with E-state index in [4.69, 9.17) is 15.0 Å². The van der Waals surface area contributed by atoms with Crippen molar-refractivity contribution < 1.29 is 0 Å². The van der Waals surface area contributed by atoms with Crippen molar-refractivity contribution >= 4 is 43.6 Å². The first-order valence-electron chi connectivity index (χ1n) is 27.2. The maximum Gasteiger partial charge on any atom is 0.164 e. The Hall–Kier alpha value is -10.8. The van der Waals surface area contributed by atoms with Crippen molar-refractivity contribution in [2.24, 2.45) is 0 Å². The van der Waals surface area contributed by atoms with Crippen LogP contribution in [0, 0.1) is 0 Å². The van der Waals surface area contributed by atoms with Gasteiger partial charge in [-0.05, 0) is 93.0 Å². The smallest absolute Gasteiger partial charge is 0.164 e. The van der Waals surface area contributed by atoms with Gasteiger partial charge in [0.25, 0.3) is 0 Å². The van der Waals surface area contributed by atoms with Gasteiger partial charge in [0.05, 0.1) is 27.8 Å². The number of hydrogen-bond acceptors (Lipinski definition) is 3. The molecule has 0 N–H and O–H groups in total. The van der Waals surface area contributed by atoms with Crippen LogP contribution in [0.25, 0.3) is 145 Å². The number of fused-ring (bicyclic) bond motifs is 6. The Balaban J connectivity index is 0.993. The van der Waals surface area contributed by atoms with E-state index in [9.17, 15) is 0 Å². The quantitative estimate of drug-likeness (QED) is 0.137. The van der Waals surface area contributed by atoms with Gasteiger partial charge in [-0.3, -0.25) is 0 Å². The molecule has 0 bridgehead atoms. The fourth-order valence-electron chi connectivity index (χ4n) is 11.7. The Labute approximate surface area is 463 Å². The Morgan fingerprint density at radius 2 is 0.550 bits per heavy atom. The molecule has 80 heavy (non-hydrogen) atoms. The van der Waals surface area contributed by atoms with Crippen molar-refractivity contribution in [1.29, 1.82) is 0 Å². The van der Waals surface area contributed by atoms with E-state index >= 15 is 0 Å². The largest absolute Gasteiger partial charge is 0.309 e. The summed E-state index contributed by atoms with van der Waals surface area (Å²) in [6, 6.07) is 106. The predicted molar refractivity (Wildman–Crippen MR) is 332 cm³/mol. The molecule has 0 spiro atoms. The molecule has 3 aromatic heterocycles. The standard InChI is InChI=1S/C75H49N5/c1-6-20-50(21-7-1)53-34-38-57(39-35-53)73-76-74(58-40-36-54(37-41-58)51-22-8-2-9-23-51)78-75(77-73)60-46-65(55-26-12-4-13-27-55)72(66(47-60)56-28-14-5-15-29-56)80-70-45-43-61(79-68-32-18-16-30-62(68)63-31-17-19-33-69(63)79)49-67(70)64-44-42-59(48-71(64)80)52-24-10-3-11-25-52/h1-49H. The second-order valence-electron chi connectivity index (χ2n) is 20.3. The van der Waals surface area contributed by atoms with Gasteiger partial charge in [-0.25, -0.2) is 15.0 Å². The molecule has 0 atom stereocenters. The minimum atomic E-state index is 0.578. The summed E-state index contributed by atoms with van der Waals surface area (Å²) in [5, 5.41) is 4.78. The van der Waals surface area contributed by atoms with E-state index in [0.717, 1.165) is 106 Å². The van der Waals surface area contributed by atoms with Crippen molar-refractivity contribution in [3.8, 4) is 101 Å². The molecule has 0 aliphatic rings. The number of hydrogen-bond donors (Lipinski definition) is 0. The predicted octanol–water partition coefficient (Wildman–Crippen LogP) is 19.4. The van der Waals surface area contributed by atoms with E-state index in [2.05, 4.69) is 294 Å². The van der Waals surface area contributed by atoms with Crippen LogP contribution in [0.15, 0.2) is 297 Å². The second-order valence-corrected chi connectivity index (χ2v) is 20.3. The van der Waals surface area contributed by atoms with Crippen LogP contribution in [-0.2, 0) is 0 Å². The molecule has 15 rings (SSSR count). The molecule has 0 aliphatic carbocycles. The van der Waals surface area contributed by atoms with Gasteiger partial charge < -0.3 is 9.13 Å². The summed E-state index contributed by atoms with van der Waals surface area (Å²) in [5.41, 5.74) is 20.5. The van der Waals surface area contributed by atoms with Crippen LogP contribution in [0.5, 0.6) is 0 Å². The van der Waals surface area contributed by atoms with Gasteiger partial charge >= 0.3 is 0 Å². The summed E-state index contributed by atoms with van der Waals surface area (Å²) < 4.78 is 4.92. The SMILES string of the molecule is c1ccc(-c2ccc(-c3nc(-c4ccc(-c5ccccc5)cc4)nc(-c4cc(-c5ccccc5)c(-n5c6ccc(-n7c8ccccc8c8ccccc87)cc6c6ccc(-c7ccccc7)cc65)c(-c5ccccc5)c4)n3)cc2)cc1. The number of aromatic nitrogens is 5. The third-order valence-corrected chi connectivity index (χ3v) is 15.6. The van der Waals surface area contributed by atoms with Crippen LogP contribution in [0.2, 0.25) is 0 Å². The van der Waals surface area contributed by atoms with Gasteiger partial charge in [-0.15, -0.1) is 0 Å². The van der Waals surface area contributed by atoms with Crippen LogP contribution in [0.4, 0.5) is 0 Å². The highest BCUT2D eigenvalue weighted by Crippen LogP contribution is 2.46. The number of nitrogens with zero attached hydrogens (tertiary/aromatic N) is 5. The van der Waals surface area contributed by atoms with Crippen molar-refractivity contribution in [2.45, 2.75) is 0 Å². The molecule has 0 unspecified atom stereocenters. The molecule has 0 amide bonds. The number of para-hydroxylation sites is 2. The average molecular weight is 1020 g/mol. The first-order valence-corrected chi connectivity index (χ1v) is 27.2. The summed E-state index contributed by atoms with van der Waals surface area (Å²) in [6.45, 7) is 0. The molecular weight excluding hydrogens is 971 g/mol. The molecule has 374 valence electrons. The summed E-state index contributed by atoms with van der Waals surface area (Å²) in [6.07, 6.45) is 0. The molecular formula is C75H49N5. The van der Waals surface area contributed by atoms with Gasteiger partial charge in [0, 0.05) is 55.0 Å². The molecule has 5 nitrogen and oxygen atoms in total. The summed E-state index contributed by atoms with van der Waals surface area (Å²) in [5.74, 6) is 1.77. The molecule has 12 aromatic carbocycles. The third-order valence-electron chi connectivity index (χ3n) is 15.6. The van der Waals surface area contributed by atoms with Crippen LogP contribution in [-0.4, -0.2) is 24.1 Å². The van der Waals surface area contributed by atoms with Gasteiger partial charge in [0.1, 0.15) is 0 Å². The Kier molecular flexibility index (Phi) is 11.4. The number of benzene rings is 12. The Morgan fingerprint density at radius 3 is 1.02 bits per heavy atom. The van der Waals surface area contributed by atoms with E-state index in [-0.39, 0.29) is 0 Å². The van der Waals surface area contributed by atoms with Crippen LogP contribution < -0.4 is 0 Å². The molecule has 0 radical (unpaired) electrons. The highest BCUT2D eigenvalue weighted by molar-refractivity contribution is 6.14. The van der Waals surface area contributed by atoms with E-state index in [1.54, 1.807) is 0 Å². The van der Waals surface area contributed by atoms with E-state index in [1.807, 2.05) is 12.1 Å². The lowest BCUT2D eigenvalue weighted by molar-refractivity contribution is 1.07. The summed E-state index contributed by atoms with van der Waals surface area (Å²) >= 11 is 0. The minimum Gasteiger partial charge on any atom is -0.309 e. The second kappa shape index (κ2) is 19.7. The first-order chi connectivity index (χ1) is 39.7. The maximum absolute atomic E-state index is 5.42. The molecule has 0 saturated heterocycles. The summed E-state index contributed by atoms with van der Waals surface area (Å²) in [4.78, 5) is 16.1. The lowest BCUT2D eigenvalue weighted by atomic mass is 9.92. The average Bonchev–Trinajstić information content (AvgIpc) is 4.27. The normalized spacial score (nSPS) is 11.5. The Bertz CT molecular complexity index is 4550. The van der Waals surface area contributed by atoms with E-state index < -0.39 is 0 Å². The molecule has 0 fully saturated rings. The molecule has 3 heterocycles. The monoisotopic (exact) mass is 1020 g/mol. The van der Waals surface area contributed by atoms with Gasteiger partial charge in [0.15, 0.2) is 17.5 Å². The van der Waals surface area contributed by atoms with Gasteiger partial charge in [-0.1, -0.05) is 249 Å². The van der Waals surface area contributed by atoms with Crippen LogP contribution in [0.3, 0.4) is 0 Å². The van der Waals surface area contributed by atoms with Gasteiger partial charge in [-0.2, -0.15) is 0 Å². The van der Waals surface area contributed by atoms with Crippen molar-refractivity contribution in [3.05, 3.63) is 297 Å². The van der Waals surface area contributed by atoms with E-state index in [1.165, 1.54) is 21.8 Å². The molecule has 0 saturated carbocycles. The fourth-order valence-corrected chi connectivity index (χ4v) is 11.7. The zero-order valence-corrected chi connectivity index (χ0v) is 43.5. The first kappa shape index (κ1) is 46.5. The molecule has 5 heteroatoms. The zero-order chi connectivity index (χ0) is 52.9.